The van der Waals surface area contributed by atoms with E-state index in [1.165, 1.54) is 0 Å². The number of hydrogen-bond acceptors (Lipinski definition) is 3. The van der Waals surface area contributed by atoms with Gasteiger partial charge in [0, 0.05) is 31.6 Å². The summed E-state index contributed by atoms with van der Waals surface area (Å²) in [6, 6.07) is 0.928. The van der Waals surface area contributed by atoms with Crippen LogP contribution in [-0.4, -0.2) is 29.2 Å². The molecule has 0 saturated carbocycles. The third-order valence-corrected chi connectivity index (χ3v) is 2.92. The summed E-state index contributed by atoms with van der Waals surface area (Å²) in [6.07, 6.45) is 6.96. The molecular formula is C11H19N3O. The van der Waals surface area contributed by atoms with Gasteiger partial charge in [-0.05, 0) is 19.3 Å². The zero-order chi connectivity index (χ0) is 10.5. The van der Waals surface area contributed by atoms with Gasteiger partial charge in [0.2, 0.25) is 0 Å². The summed E-state index contributed by atoms with van der Waals surface area (Å²) in [6.45, 7) is 3.94. The number of imidazole rings is 1. The molecule has 1 fully saturated rings. The summed E-state index contributed by atoms with van der Waals surface area (Å²) < 4.78 is 5.34. The summed E-state index contributed by atoms with van der Waals surface area (Å²) in [7, 11) is 0. The van der Waals surface area contributed by atoms with Gasteiger partial charge in [0.25, 0.3) is 0 Å². The smallest absolute Gasteiger partial charge is 0.123 e. The number of rotatable bonds is 4. The number of aromatic nitrogens is 2. The number of hydrogen-bond donors (Lipinski definition) is 2. The highest BCUT2D eigenvalue weighted by molar-refractivity contribution is 4.96. The molecule has 0 bridgehead atoms. The molecule has 1 aliphatic rings. The van der Waals surface area contributed by atoms with Gasteiger partial charge in [0.05, 0.1) is 6.04 Å². The van der Waals surface area contributed by atoms with Gasteiger partial charge >= 0.3 is 0 Å². The second-order valence-corrected chi connectivity index (χ2v) is 3.99. The molecule has 1 aromatic heterocycles. The van der Waals surface area contributed by atoms with Crippen LogP contribution in [0.1, 0.15) is 38.1 Å². The number of nitrogens with one attached hydrogen (secondary N) is 2. The standard InChI is InChI=1S/C11H19N3O/c1-2-10(11-12-5-6-13-11)14-9-3-7-15-8-4-9/h5-6,9-10,14H,2-4,7-8H2,1H3,(H,12,13). The quantitative estimate of drug-likeness (QED) is 0.792. The molecule has 4 nitrogen and oxygen atoms in total. The lowest BCUT2D eigenvalue weighted by Gasteiger charge is -2.27. The molecule has 0 amide bonds. The summed E-state index contributed by atoms with van der Waals surface area (Å²) >= 11 is 0. The minimum atomic E-state index is 0.350. The lowest BCUT2D eigenvalue weighted by Crippen LogP contribution is -2.37. The maximum absolute atomic E-state index is 5.34. The first kappa shape index (κ1) is 10.6. The molecule has 4 heteroatoms. The van der Waals surface area contributed by atoms with Crippen molar-refractivity contribution in [3.05, 3.63) is 18.2 Å². The van der Waals surface area contributed by atoms with Crippen LogP contribution >= 0.6 is 0 Å². The van der Waals surface area contributed by atoms with Gasteiger partial charge in [-0.15, -0.1) is 0 Å². The van der Waals surface area contributed by atoms with Crippen molar-refractivity contribution < 1.29 is 4.74 Å². The van der Waals surface area contributed by atoms with Crippen LogP contribution in [0.4, 0.5) is 0 Å². The Morgan fingerprint density at radius 2 is 2.40 bits per heavy atom. The van der Waals surface area contributed by atoms with Crippen molar-refractivity contribution in [1.82, 2.24) is 15.3 Å². The first-order valence-corrected chi connectivity index (χ1v) is 5.73. The van der Waals surface area contributed by atoms with Crippen LogP contribution in [0.3, 0.4) is 0 Å². The lowest BCUT2D eigenvalue weighted by molar-refractivity contribution is 0.0743. The average Bonchev–Trinajstić information content (AvgIpc) is 2.81. The van der Waals surface area contributed by atoms with Crippen LogP contribution in [0.5, 0.6) is 0 Å². The van der Waals surface area contributed by atoms with Crippen molar-refractivity contribution in [2.75, 3.05) is 13.2 Å². The molecule has 84 valence electrons. The van der Waals surface area contributed by atoms with Gasteiger partial charge in [-0.3, -0.25) is 0 Å². The molecule has 1 saturated heterocycles. The van der Waals surface area contributed by atoms with Gasteiger partial charge in [-0.1, -0.05) is 6.92 Å². The highest BCUT2D eigenvalue weighted by Crippen LogP contribution is 2.16. The molecular weight excluding hydrogens is 190 g/mol. The minimum absolute atomic E-state index is 0.350. The first-order chi connectivity index (χ1) is 7.40. The van der Waals surface area contributed by atoms with Crippen molar-refractivity contribution in [1.29, 1.82) is 0 Å². The molecule has 1 aromatic rings. The van der Waals surface area contributed by atoms with Crippen LogP contribution in [-0.2, 0) is 4.74 Å². The average molecular weight is 209 g/mol. The fourth-order valence-electron chi connectivity index (χ4n) is 2.01. The predicted octanol–water partition coefficient (Wildman–Crippen LogP) is 1.63. The Balaban J connectivity index is 1.90. The fraction of sp³-hybridized carbons (Fsp3) is 0.727. The van der Waals surface area contributed by atoms with E-state index in [-0.39, 0.29) is 0 Å². The van der Waals surface area contributed by atoms with E-state index in [1.807, 2.05) is 12.4 Å². The molecule has 1 unspecified atom stereocenters. The Kier molecular flexibility index (Phi) is 3.75. The van der Waals surface area contributed by atoms with E-state index >= 15 is 0 Å². The van der Waals surface area contributed by atoms with Crippen LogP contribution in [0.2, 0.25) is 0 Å². The molecule has 0 aliphatic carbocycles. The van der Waals surface area contributed by atoms with Gasteiger partial charge in [-0.2, -0.15) is 0 Å². The van der Waals surface area contributed by atoms with E-state index in [4.69, 9.17) is 4.74 Å². The van der Waals surface area contributed by atoms with Crippen molar-refractivity contribution in [3.63, 3.8) is 0 Å². The van der Waals surface area contributed by atoms with Crippen LogP contribution in [0.25, 0.3) is 0 Å². The molecule has 0 aromatic carbocycles. The predicted molar refractivity (Wildman–Crippen MR) is 58.6 cm³/mol. The normalized spacial score (nSPS) is 20.3. The monoisotopic (exact) mass is 209 g/mol. The second-order valence-electron chi connectivity index (χ2n) is 3.99. The van der Waals surface area contributed by atoms with Crippen molar-refractivity contribution in [2.45, 2.75) is 38.3 Å². The van der Waals surface area contributed by atoms with Gasteiger partial charge < -0.3 is 15.0 Å². The Bertz CT molecular complexity index is 267. The summed E-state index contributed by atoms with van der Waals surface area (Å²) in [5, 5.41) is 3.63. The summed E-state index contributed by atoms with van der Waals surface area (Å²) in [5.74, 6) is 1.05. The molecule has 2 N–H and O–H groups in total. The van der Waals surface area contributed by atoms with E-state index in [0.29, 0.717) is 12.1 Å². The van der Waals surface area contributed by atoms with Gasteiger partial charge in [-0.25, -0.2) is 4.98 Å². The van der Waals surface area contributed by atoms with Crippen LogP contribution in [0.15, 0.2) is 12.4 Å². The molecule has 1 atom stereocenters. The van der Waals surface area contributed by atoms with E-state index in [9.17, 15) is 0 Å². The highest BCUT2D eigenvalue weighted by atomic mass is 16.5. The van der Waals surface area contributed by atoms with Crippen molar-refractivity contribution >= 4 is 0 Å². The molecule has 2 heterocycles. The molecule has 0 spiro atoms. The Hall–Kier alpha value is -0.870. The molecule has 2 rings (SSSR count). The molecule has 1 aliphatic heterocycles. The number of aromatic amines is 1. The SMILES string of the molecule is CCC(NC1CCOCC1)c1ncc[nH]1. The van der Waals surface area contributed by atoms with E-state index < -0.39 is 0 Å². The maximum Gasteiger partial charge on any atom is 0.123 e. The third-order valence-electron chi connectivity index (χ3n) is 2.92. The van der Waals surface area contributed by atoms with Gasteiger partial charge in [0.15, 0.2) is 0 Å². The maximum atomic E-state index is 5.34. The van der Waals surface area contributed by atoms with E-state index in [2.05, 4.69) is 22.2 Å². The number of ether oxygens (including phenoxy) is 1. The Labute approximate surface area is 90.4 Å². The number of H-pyrrole nitrogens is 1. The summed E-state index contributed by atoms with van der Waals surface area (Å²) in [4.78, 5) is 7.48. The zero-order valence-corrected chi connectivity index (χ0v) is 9.20. The lowest BCUT2D eigenvalue weighted by atomic mass is 10.1. The Morgan fingerprint density at radius 1 is 1.60 bits per heavy atom. The van der Waals surface area contributed by atoms with E-state index in [0.717, 1.165) is 38.3 Å². The van der Waals surface area contributed by atoms with Gasteiger partial charge in [0.1, 0.15) is 5.82 Å². The van der Waals surface area contributed by atoms with Crippen molar-refractivity contribution in [2.24, 2.45) is 0 Å². The van der Waals surface area contributed by atoms with E-state index in [1.54, 1.807) is 0 Å². The fourth-order valence-corrected chi connectivity index (χ4v) is 2.01. The van der Waals surface area contributed by atoms with Crippen LogP contribution < -0.4 is 5.32 Å². The zero-order valence-electron chi connectivity index (χ0n) is 9.20. The third kappa shape index (κ3) is 2.79. The van der Waals surface area contributed by atoms with Crippen LogP contribution in [0, 0.1) is 0 Å². The number of nitrogens with zero attached hydrogens (tertiary/aromatic N) is 1. The molecule has 15 heavy (non-hydrogen) atoms. The van der Waals surface area contributed by atoms with Crippen molar-refractivity contribution in [3.8, 4) is 0 Å². The summed E-state index contributed by atoms with van der Waals surface area (Å²) in [5.41, 5.74) is 0. The Morgan fingerprint density at radius 3 is 3.00 bits per heavy atom. The molecule has 0 radical (unpaired) electrons. The highest BCUT2D eigenvalue weighted by Gasteiger charge is 2.19. The first-order valence-electron chi connectivity index (χ1n) is 5.73. The largest absolute Gasteiger partial charge is 0.381 e. The second kappa shape index (κ2) is 5.28. The topological polar surface area (TPSA) is 49.9 Å². The minimum Gasteiger partial charge on any atom is -0.381 e.